The van der Waals surface area contributed by atoms with Gasteiger partial charge in [0.2, 0.25) is 5.91 Å². The van der Waals surface area contributed by atoms with Crippen LogP contribution in [-0.2, 0) is 32.6 Å². The van der Waals surface area contributed by atoms with E-state index in [4.69, 9.17) is 21.4 Å². The molecular formula is C20H20ClN3O5S. The van der Waals surface area contributed by atoms with Gasteiger partial charge in [0.15, 0.2) is 0 Å². The number of rotatable bonds is 4. The Hall–Kier alpha value is -2.65. The maximum absolute atomic E-state index is 13.1. The Labute approximate surface area is 182 Å². The average Bonchev–Trinajstić information content (AvgIpc) is 3.40. The van der Waals surface area contributed by atoms with Crippen LogP contribution in [0.1, 0.15) is 22.7 Å². The second-order valence-corrected chi connectivity index (χ2v) is 8.92. The van der Waals surface area contributed by atoms with E-state index in [0.29, 0.717) is 41.8 Å². The number of amides is 2. The molecule has 2 aliphatic heterocycles. The van der Waals surface area contributed by atoms with Crippen molar-refractivity contribution in [3.05, 3.63) is 44.9 Å². The lowest BCUT2D eigenvalue weighted by molar-refractivity contribution is -0.136. The first-order valence-electron chi connectivity index (χ1n) is 9.40. The van der Waals surface area contributed by atoms with Crippen LogP contribution < -0.4 is 4.90 Å². The van der Waals surface area contributed by atoms with Crippen molar-refractivity contribution in [1.82, 2.24) is 9.88 Å². The number of carbonyl (C=O) groups is 3. The molecule has 0 bridgehead atoms. The summed E-state index contributed by atoms with van der Waals surface area (Å²) in [4.78, 5) is 43.7. The molecule has 0 aliphatic carbocycles. The molecular weight excluding hydrogens is 430 g/mol. The third kappa shape index (κ3) is 3.75. The fraction of sp³-hybridized carbons (Fsp3) is 0.400. The minimum Gasteiger partial charge on any atom is -0.481 e. The van der Waals surface area contributed by atoms with Crippen LogP contribution in [0.2, 0.25) is 5.02 Å². The van der Waals surface area contributed by atoms with Crippen LogP contribution in [0.3, 0.4) is 0 Å². The normalized spacial score (nSPS) is 19.9. The van der Waals surface area contributed by atoms with Gasteiger partial charge in [-0.05, 0) is 30.2 Å². The molecule has 0 radical (unpaired) electrons. The van der Waals surface area contributed by atoms with E-state index < -0.39 is 5.97 Å². The Bertz CT molecular complexity index is 1030. The molecule has 1 aromatic heterocycles. The number of fused-ring (bicyclic) bond motifs is 2. The smallest absolute Gasteiger partial charge is 0.409 e. The third-order valence-corrected chi connectivity index (χ3v) is 6.74. The Balaban J connectivity index is 1.58. The number of likely N-dealkylation sites (tertiary alicyclic amines) is 1. The van der Waals surface area contributed by atoms with E-state index >= 15 is 0 Å². The quantitative estimate of drug-likeness (QED) is 0.770. The highest BCUT2D eigenvalue weighted by molar-refractivity contribution is 7.09. The van der Waals surface area contributed by atoms with Gasteiger partial charge in [0.1, 0.15) is 5.01 Å². The van der Waals surface area contributed by atoms with E-state index in [1.165, 1.54) is 18.4 Å². The SMILES string of the molecule is COC(=O)N1CCC2(C1)CN(C(=O)Cc1nc(CC(=O)O)cs1)c1ccc(Cl)cc12. The molecule has 10 heteroatoms. The number of ether oxygens (including phenoxy) is 1. The zero-order valence-electron chi connectivity index (χ0n) is 16.3. The molecule has 1 spiro atoms. The van der Waals surface area contributed by atoms with Crippen LogP contribution >= 0.6 is 22.9 Å². The van der Waals surface area contributed by atoms with Gasteiger partial charge in [-0.3, -0.25) is 9.59 Å². The topological polar surface area (TPSA) is 100 Å². The lowest BCUT2D eigenvalue weighted by Crippen LogP contribution is -2.40. The molecule has 1 saturated heterocycles. The standard InChI is InChI=1S/C20H20ClN3O5S/c1-29-19(28)23-5-4-20(10-23)11-24(15-3-2-12(21)6-14(15)20)17(25)8-16-22-13(9-30-16)7-18(26)27/h2-3,6,9H,4-5,7-8,10-11H2,1H3,(H,26,27). The molecule has 2 aromatic rings. The highest BCUT2D eigenvalue weighted by Gasteiger charge is 2.50. The molecule has 1 unspecified atom stereocenters. The Morgan fingerprint density at radius 3 is 2.83 bits per heavy atom. The molecule has 1 fully saturated rings. The van der Waals surface area contributed by atoms with Crippen molar-refractivity contribution in [1.29, 1.82) is 0 Å². The molecule has 2 amide bonds. The van der Waals surface area contributed by atoms with Crippen molar-refractivity contribution in [2.75, 3.05) is 31.6 Å². The largest absolute Gasteiger partial charge is 0.481 e. The summed E-state index contributed by atoms with van der Waals surface area (Å²) in [6.07, 6.45) is 0.249. The zero-order chi connectivity index (χ0) is 21.5. The number of halogens is 1. The van der Waals surface area contributed by atoms with E-state index in [-0.39, 0.29) is 30.3 Å². The highest BCUT2D eigenvalue weighted by atomic mass is 35.5. The van der Waals surface area contributed by atoms with Crippen LogP contribution in [-0.4, -0.2) is 59.7 Å². The fourth-order valence-electron chi connectivity index (χ4n) is 4.26. The van der Waals surface area contributed by atoms with E-state index in [0.717, 1.165) is 11.3 Å². The lowest BCUT2D eigenvalue weighted by Gasteiger charge is -2.25. The Morgan fingerprint density at radius 1 is 1.30 bits per heavy atom. The maximum atomic E-state index is 13.1. The number of aliphatic carboxylic acids is 1. The molecule has 2 aliphatic rings. The molecule has 158 valence electrons. The minimum absolute atomic E-state index is 0.0865. The number of methoxy groups -OCH3 is 1. The maximum Gasteiger partial charge on any atom is 0.409 e. The van der Waals surface area contributed by atoms with Gasteiger partial charge in [0.05, 0.1) is 25.6 Å². The van der Waals surface area contributed by atoms with E-state index in [1.54, 1.807) is 21.2 Å². The van der Waals surface area contributed by atoms with E-state index in [2.05, 4.69) is 4.98 Å². The number of aromatic nitrogens is 1. The zero-order valence-corrected chi connectivity index (χ0v) is 17.8. The van der Waals surface area contributed by atoms with Crippen molar-refractivity contribution >= 4 is 46.6 Å². The molecule has 1 atom stereocenters. The molecule has 1 aromatic carbocycles. The molecule has 30 heavy (non-hydrogen) atoms. The van der Waals surface area contributed by atoms with Gasteiger partial charge in [-0.25, -0.2) is 9.78 Å². The van der Waals surface area contributed by atoms with Crippen LogP contribution in [0.5, 0.6) is 0 Å². The average molecular weight is 450 g/mol. The third-order valence-electron chi connectivity index (χ3n) is 5.60. The van der Waals surface area contributed by atoms with Crippen LogP contribution in [0.4, 0.5) is 10.5 Å². The summed E-state index contributed by atoms with van der Waals surface area (Å²) in [6.45, 7) is 1.45. The summed E-state index contributed by atoms with van der Waals surface area (Å²) in [7, 11) is 1.36. The predicted molar refractivity (Wildman–Crippen MR) is 111 cm³/mol. The number of benzene rings is 1. The number of carbonyl (C=O) groups excluding carboxylic acids is 2. The summed E-state index contributed by atoms with van der Waals surface area (Å²) in [5.74, 6) is -1.08. The fourth-order valence-corrected chi connectivity index (χ4v) is 5.22. The highest BCUT2D eigenvalue weighted by Crippen LogP contribution is 2.47. The molecule has 8 nitrogen and oxygen atoms in total. The van der Waals surface area contributed by atoms with Crippen molar-refractivity contribution < 1.29 is 24.2 Å². The van der Waals surface area contributed by atoms with Crippen molar-refractivity contribution in [3.63, 3.8) is 0 Å². The number of hydrogen-bond donors (Lipinski definition) is 1. The first-order valence-corrected chi connectivity index (χ1v) is 10.7. The second-order valence-electron chi connectivity index (χ2n) is 7.54. The van der Waals surface area contributed by atoms with Crippen LogP contribution in [0, 0.1) is 0 Å². The van der Waals surface area contributed by atoms with Crippen LogP contribution in [0.15, 0.2) is 23.6 Å². The monoisotopic (exact) mass is 449 g/mol. The number of carboxylic acids is 1. The van der Waals surface area contributed by atoms with Gasteiger partial charge in [0, 0.05) is 41.1 Å². The molecule has 4 rings (SSSR count). The Kier molecular flexibility index (Phi) is 5.42. The summed E-state index contributed by atoms with van der Waals surface area (Å²) in [6, 6.07) is 5.46. The molecule has 1 N–H and O–H groups in total. The number of thiazole rings is 1. The van der Waals surface area contributed by atoms with Gasteiger partial charge in [-0.1, -0.05) is 11.6 Å². The predicted octanol–water partition coefficient (Wildman–Crippen LogP) is 2.72. The van der Waals surface area contributed by atoms with Crippen molar-refractivity contribution in [2.24, 2.45) is 0 Å². The van der Waals surface area contributed by atoms with Gasteiger partial charge in [0.25, 0.3) is 0 Å². The summed E-state index contributed by atoms with van der Waals surface area (Å²) >= 11 is 7.53. The van der Waals surface area contributed by atoms with E-state index in [1.807, 2.05) is 12.1 Å². The summed E-state index contributed by atoms with van der Waals surface area (Å²) in [5.41, 5.74) is 1.81. The van der Waals surface area contributed by atoms with Gasteiger partial charge in [-0.2, -0.15) is 0 Å². The molecule has 0 saturated carbocycles. The first-order chi connectivity index (χ1) is 14.3. The Morgan fingerprint density at radius 2 is 2.10 bits per heavy atom. The first kappa shape index (κ1) is 20.6. The number of hydrogen-bond acceptors (Lipinski definition) is 6. The summed E-state index contributed by atoms with van der Waals surface area (Å²) < 4.78 is 4.86. The van der Waals surface area contributed by atoms with Crippen LogP contribution in [0.25, 0.3) is 0 Å². The van der Waals surface area contributed by atoms with Crippen molar-refractivity contribution in [2.45, 2.75) is 24.7 Å². The number of anilines is 1. The van der Waals surface area contributed by atoms with Crippen molar-refractivity contribution in [3.8, 4) is 0 Å². The van der Waals surface area contributed by atoms with Gasteiger partial charge >= 0.3 is 12.1 Å². The number of nitrogens with zero attached hydrogens (tertiary/aromatic N) is 3. The second kappa shape index (κ2) is 7.88. The van der Waals surface area contributed by atoms with E-state index in [9.17, 15) is 14.4 Å². The molecule has 3 heterocycles. The van der Waals surface area contributed by atoms with Gasteiger partial charge in [-0.15, -0.1) is 11.3 Å². The van der Waals surface area contributed by atoms with Gasteiger partial charge < -0.3 is 19.6 Å². The minimum atomic E-state index is -0.957. The number of carboxylic acid groups (broad SMARTS) is 1. The lowest BCUT2D eigenvalue weighted by atomic mass is 9.81. The summed E-state index contributed by atoms with van der Waals surface area (Å²) in [5, 5.41) is 11.7.